The van der Waals surface area contributed by atoms with Crippen LogP contribution in [0.25, 0.3) is 28.0 Å². The lowest BCUT2D eigenvalue weighted by molar-refractivity contribution is 0.102. The second-order valence-electron chi connectivity index (χ2n) is 8.19. The molecule has 1 aromatic carbocycles. The highest BCUT2D eigenvalue weighted by atomic mass is 16.3. The van der Waals surface area contributed by atoms with E-state index in [0.717, 1.165) is 22.3 Å². The quantitative estimate of drug-likeness (QED) is 0.400. The molecule has 172 valence electrons. The lowest BCUT2D eigenvalue weighted by atomic mass is 10.1. The molecule has 2 N–H and O–H groups in total. The van der Waals surface area contributed by atoms with Gasteiger partial charge in [0.25, 0.3) is 5.91 Å². The van der Waals surface area contributed by atoms with Crippen molar-refractivity contribution in [2.45, 2.75) is 26.5 Å². The highest BCUT2D eigenvalue weighted by molar-refractivity contribution is 6.09. The number of fused-ring (bicyclic) bond motifs is 1. The van der Waals surface area contributed by atoms with Crippen molar-refractivity contribution >= 4 is 17.1 Å². The molecule has 1 atom stereocenters. The number of aliphatic hydroxyl groups is 1. The molecular weight excluding hydrogens is 434 g/mol. The number of hydrogen-bond acceptors (Lipinski definition) is 7. The molecule has 0 radical (unpaired) electrons. The molecule has 0 fully saturated rings. The van der Waals surface area contributed by atoms with Crippen LogP contribution in [0.5, 0.6) is 0 Å². The zero-order valence-electron chi connectivity index (χ0n) is 18.9. The summed E-state index contributed by atoms with van der Waals surface area (Å²) in [6, 6.07) is 9.44. The zero-order chi connectivity index (χ0) is 23.8. The van der Waals surface area contributed by atoms with Crippen molar-refractivity contribution in [3.05, 3.63) is 66.2 Å². The first kappa shape index (κ1) is 21.5. The molecule has 0 saturated carbocycles. The number of rotatable bonds is 6. The minimum Gasteiger partial charge on any atom is -0.391 e. The Hall–Kier alpha value is -4.38. The van der Waals surface area contributed by atoms with Crippen molar-refractivity contribution in [2.75, 3.05) is 5.32 Å². The predicted molar refractivity (Wildman–Crippen MR) is 125 cm³/mol. The Kier molecular flexibility index (Phi) is 5.38. The van der Waals surface area contributed by atoms with Crippen LogP contribution in [0, 0.1) is 6.92 Å². The minimum absolute atomic E-state index is 0.274. The van der Waals surface area contributed by atoms with E-state index in [4.69, 9.17) is 0 Å². The number of tetrazole rings is 1. The summed E-state index contributed by atoms with van der Waals surface area (Å²) in [6.07, 6.45) is 6.46. The Morgan fingerprint density at radius 2 is 1.97 bits per heavy atom. The third-order valence-electron chi connectivity index (χ3n) is 5.44. The van der Waals surface area contributed by atoms with E-state index >= 15 is 0 Å². The van der Waals surface area contributed by atoms with Gasteiger partial charge in [-0.1, -0.05) is 12.1 Å². The third-order valence-corrected chi connectivity index (χ3v) is 5.44. The van der Waals surface area contributed by atoms with Gasteiger partial charge in [0, 0.05) is 29.2 Å². The number of nitrogens with one attached hydrogen (secondary N) is 1. The zero-order valence-corrected chi connectivity index (χ0v) is 18.9. The fourth-order valence-electron chi connectivity index (χ4n) is 3.70. The Balaban J connectivity index is 1.44. The first-order chi connectivity index (χ1) is 16.4. The number of aromatic nitrogens is 8. The molecule has 0 saturated heterocycles. The molecule has 5 rings (SSSR count). The van der Waals surface area contributed by atoms with Crippen LogP contribution >= 0.6 is 0 Å². The smallest absolute Gasteiger partial charge is 0.259 e. The SMILES string of the molecule is Cc1ccc(-c2nnn(C)n2)cc1NC(=O)c1cnn2ccc(-c3cnn(C[C@H](C)O)c3)cc12. The van der Waals surface area contributed by atoms with Crippen LogP contribution in [-0.2, 0) is 13.6 Å². The number of nitrogens with zero attached hydrogens (tertiary/aromatic N) is 8. The average Bonchev–Trinajstić information content (AvgIpc) is 3.54. The predicted octanol–water partition coefficient (Wildman–Crippen LogP) is 2.33. The number of pyridine rings is 1. The largest absolute Gasteiger partial charge is 0.391 e. The number of hydrogen-bond donors (Lipinski definition) is 2. The van der Waals surface area contributed by atoms with Crippen LogP contribution in [-0.4, -0.2) is 56.7 Å². The Morgan fingerprint density at radius 1 is 1.12 bits per heavy atom. The van der Waals surface area contributed by atoms with Crippen molar-refractivity contribution in [3.63, 3.8) is 0 Å². The van der Waals surface area contributed by atoms with Gasteiger partial charge in [-0.3, -0.25) is 9.48 Å². The first-order valence-corrected chi connectivity index (χ1v) is 10.7. The maximum absolute atomic E-state index is 13.2. The van der Waals surface area contributed by atoms with Gasteiger partial charge in [0.15, 0.2) is 0 Å². The van der Waals surface area contributed by atoms with Gasteiger partial charge in [-0.05, 0) is 48.4 Å². The monoisotopic (exact) mass is 457 g/mol. The summed E-state index contributed by atoms with van der Waals surface area (Å²) in [5, 5.41) is 33.3. The number of amides is 1. The second kappa shape index (κ2) is 8.52. The summed E-state index contributed by atoms with van der Waals surface area (Å²) in [5.41, 5.74) is 5.21. The van der Waals surface area contributed by atoms with Crippen molar-refractivity contribution in [1.29, 1.82) is 0 Å². The molecule has 0 aliphatic heterocycles. The van der Waals surface area contributed by atoms with E-state index in [1.165, 1.54) is 4.80 Å². The van der Waals surface area contributed by atoms with Gasteiger partial charge in [0.05, 0.1) is 43.2 Å². The number of aryl methyl sites for hydroxylation is 2. The molecule has 5 aromatic rings. The molecular formula is C23H23N9O2. The standard InChI is InChI=1S/C23H23N9O2/c1-14-4-5-17(22-27-29-30(3)28-22)8-20(14)26-23(34)19-11-25-32-7-6-16(9-21(19)32)18-10-24-31(13-18)12-15(2)33/h4-11,13,15,33H,12H2,1-3H3,(H,26,34)/t15-/m0/s1. The maximum Gasteiger partial charge on any atom is 0.259 e. The van der Waals surface area contributed by atoms with Gasteiger partial charge in [-0.25, -0.2) is 4.52 Å². The Bertz CT molecular complexity index is 1500. The lowest BCUT2D eigenvalue weighted by Crippen LogP contribution is -2.12. The van der Waals surface area contributed by atoms with Gasteiger partial charge in [0.2, 0.25) is 5.82 Å². The molecule has 4 heterocycles. The van der Waals surface area contributed by atoms with Gasteiger partial charge in [-0.2, -0.15) is 15.0 Å². The number of carbonyl (C=O) groups is 1. The molecule has 11 heteroatoms. The van der Waals surface area contributed by atoms with Crippen molar-refractivity contribution in [2.24, 2.45) is 7.05 Å². The second-order valence-corrected chi connectivity index (χ2v) is 8.19. The van der Waals surface area contributed by atoms with E-state index in [9.17, 15) is 9.90 Å². The normalized spacial score (nSPS) is 12.2. The Morgan fingerprint density at radius 3 is 2.74 bits per heavy atom. The van der Waals surface area contributed by atoms with E-state index in [1.54, 1.807) is 41.8 Å². The van der Waals surface area contributed by atoms with Gasteiger partial charge < -0.3 is 10.4 Å². The third kappa shape index (κ3) is 4.16. The van der Waals surface area contributed by atoms with Crippen molar-refractivity contribution in [1.82, 2.24) is 39.6 Å². The topological polar surface area (TPSA) is 128 Å². The van der Waals surface area contributed by atoms with Crippen LogP contribution < -0.4 is 5.32 Å². The van der Waals surface area contributed by atoms with Crippen LogP contribution in [0.2, 0.25) is 0 Å². The molecule has 0 aliphatic rings. The molecule has 0 unspecified atom stereocenters. The molecule has 34 heavy (non-hydrogen) atoms. The number of anilines is 1. The van der Waals surface area contributed by atoms with Gasteiger partial charge in [0.1, 0.15) is 0 Å². The molecule has 1 amide bonds. The summed E-state index contributed by atoms with van der Waals surface area (Å²) in [7, 11) is 1.70. The fraction of sp³-hybridized carbons (Fsp3) is 0.217. The Labute approximate surface area is 194 Å². The van der Waals surface area contributed by atoms with Crippen LogP contribution in [0.3, 0.4) is 0 Å². The molecule has 4 aromatic heterocycles. The molecule has 0 bridgehead atoms. The highest BCUT2D eigenvalue weighted by Crippen LogP contribution is 2.25. The van der Waals surface area contributed by atoms with Crippen LogP contribution in [0.1, 0.15) is 22.8 Å². The maximum atomic E-state index is 13.2. The summed E-state index contributed by atoms with van der Waals surface area (Å²) in [4.78, 5) is 14.6. The van der Waals surface area contributed by atoms with Crippen LogP contribution in [0.4, 0.5) is 5.69 Å². The molecule has 11 nitrogen and oxygen atoms in total. The van der Waals surface area contributed by atoms with Gasteiger partial charge >= 0.3 is 0 Å². The van der Waals surface area contributed by atoms with E-state index in [1.807, 2.05) is 43.5 Å². The summed E-state index contributed by atoms with van der Waals surface area (Å²) in [6.45, 7) is 4.04. The summed E-state index contributed by atoms with van der Waals surface area (Å²) in [5.74, 6) is 0.207. The number of benzene rings is 1. The van der Waals surface area contributed by atoms with E-state index in [-0.39, 0.29) is 5.91 Å². The van der Waals surface area contributed by atoms with Crippen molar-refractivity contribution in [3.8, 4) is 22.5 Å². The number of carbonyl (C=O) groups excluding carboxylic acids is 1. The molecule has 0 aliphatic carbocycles. The minimum atomic E-state index is -0.493. The first-order valence-electron chi connectivity index (χ1n) is 10.7. The van der Waals surface area contributed by atoms with E-state index in [2.05, 4.69) is 30.9 Å². The summed E-state index contributed by atoms with van der Waals surface area (Å²) >= 11 is 0. The van der Waals surface area contributed by atoms with E-state index < -0.39 is 6.10 Å². The summed E-state index contributed by atoms with van der Waals surface area (Å²) < 4.78 is 3.35. The highest BCUT2D eigenvalue weighted by Gasteiger charge is 2.16. The van der Waals surface area contributed by atoms with Gasteiger partial charge in [-0.15, -0.1) is 10.2 Å². The van der Waals surface area contributed by atoms with Crippen LogP contribution in [0.15, 0.2) is 55.1 Å². The average molecular weight is 457 g/mol. The molecule has 0 spiro atoms. The van der Waals surface area contributed by atoms with Crippen molar-refractivity contribution < 1.29 is 9.90 Å². The number of aliphatic hydroxyl groups excluding tert-OH is 1. The lowest BCUT2D eigenvalue weighted by Gasteiger charge is -2.09. The van der Waals surface area contributed by atoms with E-state index in [0.29, 0.717) is 29.1 Å². The fourth-order valence-corrected chi connectivity index (χ4v) is 3.70.